The van der Waals surface area contributed by atoms with E-state index in [9.17, 15) is 17.6 Å². The summed E-state index contributed by atoms with van der Waals surface area (Å²) in [5, 5.41) is 2.92. The number of nitrogens with one attached hydrogen (secondary N) is 1. The van der Waals surface area contributed by atoms with Crippen molar-refractivity contribution < 1.29 is 17.6 Å². The van der Waals surface area contributed by atoms with E-state index in [4.69, 9.17) is 0 Å². The molecule has 2 aromatic carbocycles. The molecule has 0 aliphatic heterocycles. The second-order valence-electron chi connectivity index (χ2n) is 4.44. The molecule has 0 radical (unpaired) electrons. The predicted molar refractivity (Wildman–Crippen MR) is 75.9 cm³/mol. The van der Waals surface area contributed by atoms with Gasteiger partial charge in [-0.15, -0.1) is 0 Å². The Morgan fingerprint density at radius 2 is 1.62 bits per heavy atom. The van der Waals surface area contributed by atoms with Crippen molar-refractivity contribution in [1.29, 1.82) is 0 Å². The lowest BCUT2D eigenvalue weighted by molar-refractivity contribution is 0.491. The van der Waals surface area contributed by atoms with Crippen LogP contribution in [0.5, 0.6) is 0 Å². The summed E-state index contributed by atoms with van der Waals surface area (Å²) in [4.78, 5) is 0. The van der Waals surface area contributed by atoms with E-state index in [1.54, 1.807) is 6.92 Å². The fraction of sp³-hybridized carbons (Fsp3) is 0.200. The smallest absolute Gasteiger partial charge is 0.134 e. The van der Waals surface area contributed by atoms with Crippen LogP contribution in [0.3, 0.4) is 0 Å². The van der Waals surface area contributed by atoms with Crippen molar-refractivity contribution in [3.05, 3.63) is 69.2 Å². The molecule has 0 bridgehead atoms. The van der Waals surface area contributed by atoms with E-state index in [2.05, 4.69) is 21.2 Å². The number of hydrogen-bond donors (Lipinski definition) is 1. The summed E-state index contributed by atoms with van der Waals surface area (Å²) in [6, 6.07) is 4.23. The number of rotatable bonds is 4. The molecular formula is C15H12BrF4N. The SMILES string of the molecule is CCNC(c1ccc(F)cc1Br)c1c(F)cc(F)cc1F. The number of halogens is 5. The molecule has 0 aromatic heterocycles. The van der Waals surface area contributed by atoms with Crippen molar-refractivity contribution >= 4 is 15.9 Å². The minimum absolute atomic E-state index is 0.300. The lowest BCUT2D eigenvalue weighted by Crippen LogP contribution is -2.24. The summed E-state index contributed by atoms with van der Waals surface area (Å²) < 4.78 is 54.5. The predicted octanol–water partition coefficient (Wildman–Crippen LogP) is 4.70. The van der Waals surface area contributed by atoms with Crippen molar-refractivity contribution in [2.45, 2.75) is 13.0 Å². The van der Waals surface area contributed by atoms with Gasteiger partial charge in [-0.3, -0.25) is 0 Å². The van der Waals surface area contributed by atoms with E-state index in [0.29, 0.717) is 28.7 Å². The van der Waals surface area contributed by atoms with Gasteiger partial charge in [0.1, 0.15) is 23.3 Å². The van der Waals surface area contributed by atoms with Crippen LogP contribution in [-0.2, 0) is 0 Å². The molecule has 0 saturated carbocycles. The second-order valence-corrected chi connectivity index (χ2v) is 5.29. The maximum atomic E-state index is 14.0. The Bertz CT molecular complexity index is 637. The van der Waals surface area contributed by atoms with Gasteiger partial charge in [-0.1, -0.05) is 28.9 Å². The van der Waals surface area contributed by atoms with Gasteiger partial charge < -0.3 is 5.32 Å². The highest BCUT2D eigenvalue weighted by molar-refractivity contribution is 9.10. The Labute approximate surface area is 128 Å². The van der Waals surface area contributed by atoms with Gasteiger partial charge in [0.05, 0.1) is 6.04 Å². The Balaban J connectivity index is 2.59. The van der Waals surface area contributed by atoms with Crippen LogP contribution < -0.4 is 5.32 Å². The third-order valence-electron chi connectivity index (χ3n) is 3.01. The van der Waals surface area contributed by atoms with Gasteiger partial charge in [0.2, 0.25) is 0 Å². The maximum absolute atomic E-state index is 14.0. The van der Waals surface area contributed by atoms with E-state index in [1.807, 2.05) is 0 Å². The third kappa shape index (κ3) is 3.44. The van der Waals surface area contributed by atoms with Crippen molar-refractivity contribution in [1.82, 2.24) is 5.32 Å². The van der Waals surface area contributed by atoms with Crippen LogP contribution in [0, 0.1) is 23.3 Å². The topological polar surface area (TPSA) is 12.0 Å². The third-order valence-corrected chi connectivity index (χ3v) is 3.70. The Morgan fingerprint density at radius 3 is 2.14 bits per heavy atom. The molecule has 112 valence electrons. The van der Waals surface area contributed by atoms with Crippen molar-refractivity contribution in [3.63, 3.8) is 0 Å². The molecule has 0 heterocycles. The quantitative estimate of drug-likeness (QED) is 0.778. The van der Waals surface area contributed by atoms with Crippen LogP contribution in [0.2, 0.25) is 0 Å². The molecule has 1 nitrogen and oxygen atoms in total. The highest BCUT2D eigenvalue weighted by Gasteiger charge is 2.24. The molecule has 0 fully saturated rings. The van der Waals surface area contributed by atoms with E-state index in [1.165, 1.54) is 18.2 Å². The molecule has 21 heavy (non-hydrogen) atoms. The molecule has 0 aliphatic rings. The lowest BCUT2D eigenvalue weighted by Gasteiger charge is -2.21. The molecule has 0 aliphatic carbocycles. The maximum Gasteiger partial charge on any atom is 0.134 e. The number of hydrogen-bond acceptors (Lipinski definition) is 1. The first kappa shape index (κ1) is 16.0. The van der Waals surface area contributed by atoms with Crippen LogP contribution in [0.15, 0.2) is 34.8 Å². The summed E-state index contributed by atoms with van der Waals surface area (Å²) >= 11 is 3.18. The van der Waals surface area contributed by atoms with Gasteiger partial charge in [0.15, 0.2) is 0 Å². The van der Waals surface area contributed by atoms with E-state index < -0.39 is 29.3 Å². The first-order chi connectivity index (χ1) is 9.93. The van der Waals surface area contributed by atoms with Crippen LogP contribution in [0.25, 0.3) is 0 Å². The molecule has 2 rings (SSSR count). The Morgan fingerprint density at radius 1 is 1.00 bits per heavy atom. The highest BCUT2D eigenvalue weighted by Crippen LogP contribution is 2.32. The molecule has 1 atom stereocenters. The minimum Gasteiger partial charge on any atom is -0.306 e. The van der Waals surface area contributed by atoms with Gasteiger partial charge in [-0.25, -0.2) is 17.6 Å². The van der Waals surface area contributed by atoms with E-state index in [-0.39, 0.29) is 5.56 Å². The molecule has 6 heteroatoms. The van der Waals surface area contributed by atoms with Crippen LogP contribution >= 0.6 is 15.9 Å². The zero-order valence-corrected chi connectivity index (χ0v) is 12.6. The summed E-state index contributed by atoms with van der Waals surface area (Å²) in [6.07, 6.45) is 0. The average Bonchev–Trinajstić information content (AvgIpc) is 2.37. The molecule has 0 saturated heterocycles. The highest BCUT2D eigenvalue weighted by atomic mass is 79.9. The lowest BCUT2D eigenvalue weighted by atomic mass is 9.97. The van der Waals surface area contributed by atoms with Crippen molar-refractivity contribution in [3.8, 4) is 0 Å². The van der Waals surface area contributed by atoms with Crippen LogP contribution in [0.4, 0.5) is 17.6 Å². The fourth-order valence-electron chi connectivity index (χ4n) is 2.14. The normalized spacial score (nSPS) is 12.5. The van der Waals surface area contributed by atoms with Gasteiger partial charge in [-0.05, 0) is 24.2 Å². The first-order valence-electron chi connectivity index (χ1n) is 6.26. The van der Waals surface area contributed by atoms with Crippen LogP contribution in [0.1, 0.15) is 24.1 Å². The minimum atomic E-state index is -0.991. The summed E-state index contributed by atoms with van der Waals surface area (Å²) in [6.45, 7) is 2.19. The largest absolute Gasteiger partial charge is 0.306 e. The van der Waals surface area contributed by atoms with Gasteiger partial charge >= 0.3 is 0 Å². The average molecular weight is 362 g/mol. The van der Waals surface area contributed by atoms with Crippen molar-refractivity contribution in [2.75, 3.05) is 6.54 Å². The monoisotopic (exact) mass is 361 g/mol. The summed E-state index contributed by atoms with van der Waals surface area (Å²) in [5.74, 6) is -3.44. The zero-order chi connectivity index (χ0) is 15.6. The molecule has 2 aromatic rings. The molecular weight excluding hydrogens is 350 g/mol. The second kappa shape index (κ2) is 6.58. The molecule has 1 N–H and O–H groups in total. The Hall–Kier alpha value is -1.40. The van der Waals surface area contributed by atoms with Gasteiger partial charge in [-0.2, -0.15) is 0 Å². The fourth-order valence-corrected chi connectivity index (χ4v) is 2.72. The van der Waals surface area contributed by atoms with Crippen LogP contribution in [-0.4, -0.2) is 6.54 Å². The van der Waals surface area contributed by atoms with Gasteiger partial charge in [0, 0.05) is 22.2 Å². The molecule has 1 unspecified atom stereocenters. The first-order valence-corrected chi connectivity index (χ1v) is 7.06. The molecule has 0 amide bonds. The summed E-state index contributed by atoms with van der Waals surface area (Å²) in [5.41, 5.74) is 0.160. The number of benzene rings is 2. The summed E-state index contributed by atoms with van der Waals surface area (Å²) in [7, 11) is 0. The van der Waals surface area contributed by atoms with Gasteiger partial charge in [0.25, 0.3) is 0 Å². The van der Waals surface area contributed by atoms with E-state index in [0.717, 1.165) is 0 Å². The molecule has 0 spiro atoms. The standard InChI is InChI=1S/C15H12BrF4N/c1-2-21-15(10-4-3-8(17)5-11(10)16)14-12(19)6-9(18)7-13(14)20/h3-7,15,21H,2H2,1H3. The Kier molecular flexibility index (Phi) is 5.00. The van der Waals surface area contributed by atoms with Crippen molar-refractivity contribution in [2.24, 2.45) is 0 Å². The van der Waals surface area contributed by atoms with E-state index >= 15 is 0 Å². The zero-order valence-electron chi connectivity index (χ0n) is 11.1.